The highest BCUT2D eigenvalue weighted by Crippen LogP contribution is 2.41. The molecule has 0 aromatic heterocycles. The van der Waals surface area contributed by atoms with Crippen LogP contribution in [-0.2, 0) is 14.9 Å². The van der Waals surface area contributed by atoms with Crippen LogP contribution in [0.4, 0.5) is 0 Å². The first kappa shape index (κ1) is 23.5. The molecule has 6 heteroatoms. The Morgan fingerprint density at radius 3 is 2.38 bits per heavy atom. The number of nitrogens with one attached hydrogen (secondary N) is 1. The molecule has 2 saturated heterocycles. The van der Waals surface area contributed by atoms with Gasteiger partial charge in [-0.15, -0.1) is 0 Å². The maximum absolute atomic E-state index is 12.8. The van der Waals surface area contributed by atoms with Gasteiger partial charge in [-0.25, -0.2) is 0 Å². The van der Waals surface area contributed by atoms with Crippen LogP contribution in [0.3, 0.4) is 0 Å². The molecule has 1 aromatic carbocycles. The number of hydrogen-bond acceptors (Lipinski definition) is 5. The van der Waals surface area contributed by atoms with E-state index in [0.717, 1.165) is 64.5 Å². The van der Waals surface area contributed by atoms with Crippen molar-refractivity contribution in [2.24, 2.45) is 0 Å². The van der Waals surface area contributed by atoms with Gasteiger partial charge >= 0.3 is 0 Å². The molecule has 2 aliphatic heterocycles. The SMILES string of the molecule is COc1ccc(C2(CN3CCC(NC(=O)C(C)N4CCOCC4)CC3)CCCCC2)cc1. The topological polar surface area (TPSA) is 54.0 Å². The van der Waals surface area contributed by atoms with Gasteiger partial charge in [0.2, 0.25) is 5.91 Å². The van der Waals surface area contributed by atoms with Crippen LogP contribution in [0.15, 0.2) is 24.3 Å². The number of carbonyl (C=O) groups excluding carboxylic acids is 1. The van der Waals surface area contributed by atoms with Gasteiger partial charge < -0.3 is 19.7 Å². The van der Waals surface area contributed by atoms with Crippen molar-refractivity contribution in [3.63, 3.8) is 0 Å². The third-order valence-corrected chi connectivity index (χ3v) is 7.95. The first-order chi connectivity index (χ1) is 15.6. The Morgan fingerprint density at radius 1 is 1.09 bits per heavy atom. The third-order valence-electron chi connectivity index (χ3n) is 7.95. The van der Waals surface area contributed by atoms with Crippen molar-refractivity contribution in [1.29, 1.82) is 0 Å². The Balaban J connectivity index is 1.31. The summed E-state index contributed by atoms with van der Waals surface area (Å²) in [6, 6.07) is 9.02. The molecule has 32 heavy (non-hydrogen) atoms. The Morgan fingerprint density at radius 2 is 1.75 bits per heavy atom. The van der Waals surface area contributed by atoms with Crippen molar-refractivity contribution in [3.8, 4) is 5.75 Å². The summed E-state index contributed by atoms with van der Waals surface area (Å²) in [5.74, 6) is 1.11. The Hall–Kier alpha value is -1.63. The first-order valence-electron chi connectivity index (χ1n) is 12.6. The molecule has 1 saturated carbocycles. The van der Waals surface area contributed by atoms with E-state index in [0.29, 0.717) is 6.04 Å². The number of benzene rings is 1. The lowest BCUT2D eigenvalue weighted by Crippen LogP contribution is -2.54. The molecular weight excluding hydrogens is 402 g/mol. The van der Waals surface area contributed by atoms with E-state index in [-0.39, 0.29) is 17.4 Å². The fourth-order valence-electron chi connectivity index (χ4n) is 5.83. The van der Waals surface area contributed by atoms with Gasteiger partial charge in [0.05, 0.1) is 26.4 Å². The number of rotatable bonds is 7. The monoisotopic (exact) mass is 443 g/mol. The zero-order valence-corrected chi connectivity index (χ0v) is 20.0. The summed E-state index contributed by atoms with van der Waals surface area (Å²) in [6.07, 6.45) is 8.62. The van der Waals surface area contributed by atoms with E-state index in [2.05, 4.69) is 39.4 Å². The first-order valence-corrected chi connectivity index (χ1v) is 12.6. The highest BCUT2D eigenvalue weighted by atomic mass is 16.5. The molecule has 6 nitrogen and oxygen atoms in total. The van der Waals surface area contributed by atoms with Crippen LogP contribution in [0.1, 0.15) is 57.4 Å². The molecule has 1 unspecified atom stereocenters. The molecule has 1 atom stereocenters. The maximum Gasteiger partial charge on any atom is 0.237 e. The molecule has 3 fully saturated rings. The quantitative estimate of drug-likeness (QED) is 0.701. The number of morpholine rings is 1. The van der Waals surface area contributed by atoms with Gasteiger partial charge in [0, 0.05) is 44.2 Å². The predicted octanol–water partition coefficient (Wildman–Crippen LogP) is 3.20. The highest BCUT2D eigenvalue weighted by Gasteiger charge is 2.37. The highest BCUT2D eigenvalue weighted by molar-refractivity contribution is 5.81. The lowest BCUT2D eigenvalue weighted by Gasteiger charge is -2.44. The summed E-state index contributed by atoms with van der Waals surface area (Å²) in [5, 5.41) is 3.33. The van der Waals surface area contributed by atoms with E-state index in [1.54, 1.807) is 7.11 Å². The lowest BCUT2D eigenvalue weighted by atomic mass is 9.69. The molecule has 1 aromatic rings. The van der Waals surface area contributed by atoms with Gasteiger partial charge in [-0.05, 0) is 50.3 Å². The van der Waals surface area contributed by atoms with Gasteiger partial charge in [-0.2, -0.15) is 0 Å². The second-order valence-corrected chi connectivity index (χ2v) is 9.95. The van der Waals surface area contributed by atoms with Crippen molar-refractivity contribution in [2.45, 2.75) is 69.4 Å². The second-order valence-electron chi connectivity index (χ2n) is 9.95. The number of amides is 1. The van der Waals surface area contributed by atoms with Crippen LogP contribution in [0.5, 0.6) is 5.75 Å². The third kappa shape index (κ3) is 5.64. The number of carbonyl (C=O) groups is 1. The van der Waals surface area contributed by atoms with E-state index in [1.807, 2.05) is 6.92 Å². The van der Waals surface area contributed by atoms with Crippen molar-refractivity contribution in [1.82, 2.24) is 15.1 Å². The normalized spacial score (nSPS) is 24.1. The van der Waals surface area contributed by atoms with Crippen LogP contribution in [0.25, 0.3) is 0 Å². The van der Waals surface area contributed by atoms with Gasteiger partial charge in [-0.1, -0.05) is 31.4 Å². The number of piperidine rings is 1. The molecule has 1 N–H and O–H groups in total. The lowest BCUT2D eigenvalue weighted by molar-refractivity contribution is -0.128. The predicted molar refractivity (Wildman–Crippen MR) is 127 cm³/mol. The van der Waals surface area contributed by atoms with Gasteiger partial charge in [0.1, 0.15) is 5.75 Å². The molecule has 0 spiro atoms. The van der Waals surface area contributed by atoms with Crippen molar-refractivity contribution >= 4 is 5.91 Å². The van der Waals surface area contributed by atoms with Gasteiger partial charge in [-0.3, -0.25) is 9.69 Å². The van der Waals surface area contributed by atoms with E-state index >= 15 is 0 Å². The Labute approximate surface area is 193 Å². The average molecular weight is 444 g/mol. The van der Waals surface area contributed by atoms with E-state index in [9.17, 15) is 4.79 Å². The van der Waals surface area contributed by atoms with E-state index in [1.165, 1.54) is 37.7 Å². The fourth-order valence-corrected chi connectivity index (χ4v) is 5.83. The fraction of sp³-hybridized carbons (Fsp3) is 0.731. The maximum atomic E-state index is 12.8. The summed E-state index contributed by atoms with van der Waals surface area (Å²) in [7, 11) is 1.73. The number of hydrogen-bond donors (Lipinski definition) is 1. The number of ether oxygens (including phenoxy) is 2. The van der Waals surface area contributed by atoms with Crippen LogP contribution in [-0.4, -0.2) is 80.8 Å². The molecule has 3 aliphatic rings. The molecule has 178 valence electrons. The summed E-state index contributed by atoms with van der Waals surface area (Å²) < 4.78 is 10.8. The van der Waals surface area contributed by atoms with Crippen LogP contribution in [0, 0.1) is 0 Å². The summed E-state index contributed by atoms with van der Waals surface area (Å²) in [4.78, 5) is 17.7. The summed E-state index contributed by atoms with van der Waals surface area (Å²) in [5.41, 5.74) is 1.72. The van der Waals surface area contributed by atoms with Crippen molar-refractivity contribution < 1.29 is 14.3 Å². The Bertz CT molecular complexity index is 718. The minimum atomic E-state index is -0.0718. The standard InChI is InChI=1S/C26H41N3O3/c1-21(29-16-18-32-19-17-29)25(30)27-23-10-14-28(15-11-23)20-26(12-4-3-5-13-26)22-6-8-24(31-2)9-7-22/h6-9,21,23H,3-5,10-20H2,1-2H3,(H,27,30). The van der Waals surface area contributed by atoms with Gasteiger partial charge in [0.25, 0.3) is 0 Å². The average Bonchev–Trinajstić information content (AvgIpc) is 2.86. The van der Waals surface area contributed by atoms with Crippen LogP contribution >= 0.6 is 0 Å². The van der Waals surface area contributed by atoms with Crippen molar-refractivity contribution in [3.05, 3.63) is 29.8 Å². The van der Waals surface area contributed by atoms with Crippen molar-refractivity contribution in [2.75, 3.05) is 53.0 Å². The minimum Gasteiger partial charge on any atom is -0.497 e. The number of methoxy groups -OCH3 is 1. The zero-order valence-electron chi connectivity index (χ0n) is 20.0. The summed E-state index contributed by atoms with van der Waals surface area (Å²) >= 11 is 0. The molecule has 1 amide bonds. The molecule has 4 rings (SSSR count). The van der Waals surface area contributed by atoms with Crippen LogP contribution < -0.4 is 10.1 Å². The molecular formula is C26H41N3O3. The van der Waals surface area contributed by atoms with Crippen LogP contribution in [0.2, 0.25) is 0 Å². The van der Waals surface area contributed by atoms with E-state index < -0.39 is 0 Å². The summed E-state index contributed by atoms with van der Waals surface area (Å²) in [6.45, 7) is 8.43. The molecule has 0 radical (unpaired) electrons. The molecule has 1 aliphatic carbocycles. The van der Waals surface area contributed by atoms with Gasteiger partial charge in [0.15, 0.2) is 0 Å². The zero-order chi connectivity index (χ0) is 22.4. The Kier molecular flexibility index (Phi) is 8.08. The smallest absolute Gasteiger partial charge is 0.237 e. The van der Waals surface area contributed by atoms with E-state index in [4.69, 9.17) is 9.47 Å². The largest absolute Gasteiger partial charge is 0.497 e. The number of nitrogens with zero attached hydrogens (tertiary/aromatic N) is 2. The molecule has 0 bridgehead atoms. The second kappa shape index (κ2) is 11.0. The minimum absolute atomic E-state index is 0.0718. The number of likely N-dealkylation sites (tertiary alicyclic amines) is 1. The molecule has 2 heterocycles.